The van der Waals surface area contributed by atoms with E-state index in [0.717, 1.165) is 28.1 Å². The van der Waals surface area contributed by atoms with Crippen molar-refractivity contribution in [1.82, 2.24) is 5.32 Å². The molecule has 106 valence electrons. The minimum Gasteiger partial charge on any atom is -0.313 e. The molecule has 1 atom stereocenters. The minimum atomic E-state index is 0.159. The molecular formula is C16H16Cl3N. The first-order valence-corrected chi connectivity index (χ1v) is 7.52. The van der Waals surface area contributed by atoms with Gasteiger partial charge in [0.2, 0.25) is 0 Å². The first-order chi connectivity index (χ1) is 9.51. The molecule has 0 heterocycles. The molecule has 2 rings (SSSR count). The molecular weight excluding hydrogens is 313 g/mol. The van der Waals surface area contributed by atoms with Crippen LogP contribution in [0.5, 0.6) is 0 Å². The topological polar surface area (TPSA) is 12.0 Å². The van der Waals surface area contributed by atoms with Crippen molar-refractivity contribution < 1.29 is 0 Å². The predicted octanol–water partition coefficient (Wildman–Crippen LogP) is 5.46. The maximum absolute atomic E-state index is 6.24. The van der Waals surface area contributed by atoms with Crippen LogP contribution in [0, 0.1) is 6.92 Å². The lowest BCUT2D eigenvalue weighted by Gasteiger charge is -2.18. The Morgan fingerprint density at radius 3 is 2.35 bits per heavy atom. The highest BCUT2D eigenvalue weighted by Gasteiger charge is 2.13. The van der Waals surface area contributed by atoms with Crippen LogP contribution in [0.2, 0.25) is 15.1 Å². The van der Waals surface area contributed by atoms with Gasteiger partial charge in [0.15, 0.2) is 0 Å². The van der Waals surface area contributed by atoms with Gasteiger partial charge < -0.3 is 5.32 Å². The zero-order valence-corrected chi connectivity index (χ0v) is 13.7. The van der Waals surface area contributed by atoms with Crippen LogP contribution < -0.4 is 5.32 Å². The van der Waals surface area contributed by atoms with Gasteiger partial charge in [0.25, 0.3) is 0 Å². The molecule has 0 fully saturated rings. The highest BCUT2D eigenvalue weighted by atomic mass is 35.5. The second kappa shape index (κ2) is 6.82. The van der Waals surface area contributed by atoms with Crippen molar-refractivity contribution in [1.29, 1.82) is 0 Å². The molecule has 1 N–H and O–H groups in total. The molecule has 2 aromatic carbocycles. The molecule has 0 spiro atoms. The third-order valence-electron chi connectivity index (χ3n) is 3.39. The van der Waals surface area contributed by atoms with Gasteiger partial charge in [-0.05, 0) is 55.3 Å². The second-order valence-electron chi connectivity index (χ2n) is 4.79. The second-order valence-corrected chi connectivity index (χ2v) is 6.04. The Bertz CT molecular complexity index is 611. The summed E-state index contributed by atoms with van der Waals surface area (Å²) in [7, 11) is 1.93. The number of rotatable bonds is 4. The molecule has 0 radical (unpaired) electrons. The number of nitrogens with one attached hydrogen (secondary N) is 1. The largest absolute Gasteiger partial charge is 0.313 e. The third kappa shape index (κ3) is 3.67. The van der Waals surface area contributed by atoms with Crippen molar-refractivity contribution in [2.45, 2.75) is 19.4 Å². The molecule has 0 aromatic heterocycles. The summed E-state index contributed by atoms with van der Waals surface area (Å²) in [5, 5.41) is 5.43. The molecule has 4 heteroatoms. The Kier molecular flexibility index (Phi) is 5.34. The molecule has 0 aliphatic rings. The fourth-order valence-electron chi connectivity index (χ4n) is 2.12. The quantitative estimate of drug-likeness (QED) is 0.786. The van der Waals surface area contributed by atoms with Gasteiger partial charge in [-0.15, -0.1) is 0 Å². The number of halogens is 3. The van der Waals surface area contributed by atoms with E-state index in [2.05, 4.69) is 11.4 Å². The predicted molar refractivity (Wildman–Crippen MR) is 88.2 cm³/mol. The average molecular weight is 329 g/mol. The fraction of sp³-hybridized carbons (Fsp3) is 0.250. The van der Waals surface area contributed by atoms with E-state index in [1.165, 1.54) is 0 Å². The van der Waals surface area contributed by atoms with Gasteiger partial charge in [0.05, 0.1) is 0 Å². The van der Waals surface area contributed by atoms with Gasteiger partial charge in [0.1, 0.15) is 0 Å². The Labute approximate surface area is 134 Å². The van der Waals surface area contributed by atoms with E-state index in [0.29, 0.717) is 10.0 Å². The minimum absolute atomic E-state index is 0.159. The van der Waals surface area contributed by atoms with Gasteiger partial charge in [0, 0.05) is 21.1 Å². The van der Waals surface area contributed by atoms with Crippen molar-refractivity contribution in [3.8, 4) is 0 Å². The van der Waals surface area contributed by atoms with E-state index in [4.69, 9.17) is 34.8 Å². The Hall–Kier alpha value is -0.730. The molecule has 0 amide bonds. The lowest BCUT2D eigenvalue weighted by molar-refractivity contribution is 0.592. The number of likely N-dealkylation sites (N-methyl/N-ethyl adjacent to an activating group) is 1. The standard InChI is InChI=1S/C16H16Cl3N/c1-10-3-4-12(7-14(10)18)16(20-2)8-11-5-6-13(17)9-15(11)19/h3-7,9,16,20H,8H2,1-2H3. The summed E-state index contributed by atoms with van der Waals surface area (Å²) in [5.41, 5.74) is 3.29. The zero-order chi connectivity index (χ0) is 14.7. The molecule has 2 aromatic rings. The fourth-order valence-corrected chi connectivity index (χ4v) is 2.79. The van der Waals surface area contributed by atoms with Crippen molar-refractivity contribution in [2.24, 2.45) is 0 Å². The normalized spacial score (nSPS) is 12.4. The van der Waals surface area contributed by atoms with Gasteiger partial charge in [-0.25, -0.2) is 0 Å². The van der Waals surface area contributed by atoms with Gasteiger partial charge in [-0.1, -0.05) is 53.0 Å². The molecule has 0 saturated heterocycles. The Morgan fingerprint density at radius 2 is 1.75 bits per heavy atom. The summed E-state index contributed by atoms with van der Waals surface area (Å²) in [5.74, 6) is 0. The lowest BCUT2D eigenvalue weighted by atomic mass is 9.98. The van der Waals surface area contributed by atoms with E-state index in [-0.39, 0.29) is 6.04 Å². The SMILES string of the molecule is CNC(Cc1ccc(Cl)cc1Cl)c1ccc(C)c(Cl)c1. The average Bonchev–Trinajstić information content (AvgIpc) is 2.41. The summed E-state index contributed by atoms with van der Waals surface area (Å²) in [6.45, 7) is 2.00. The maximum atomic E-state index is 6.24. The maximum Gasteiger partial charge on any atom is 0.0453 e. The molecule has 1 unspecified atom stereocenters. The molecule has 0 bridgehead atoms. The highest BCUT2D eigenvalue weighted by molar-refractivity contribution is 6.35. The van der Waals surface area contributed by atoms with Crippen molar-refractivity contribution in [3.63, 3.8) is 0 Å². The van der Waals surface area contributed by atoms with Crippen LogP contribution in [0.4, 0.5) is 0 Å². The molecule has 0 aliphatic carbocycles. The molecule has 1 nitrogen and oxygen atoms in total. The molecule has 20 heavy (non-hydrogen) atoms. The summed E-state index contributed by atoms with van der Waals surface area (Å²) in [6, 6.07) is 11.9. The smallest absolute Gasteiger partial charge is 0.0453 e. The van der Waals surface area contributed by atoms with Crippen LogP contribution in [0.1, 0.15) is 22.7 Å². The van der Waals surface area contributed by atoms with Gasteiger partial charge >= 0.3 is 0 Å². The number of hydrogen-bond acceptors (Lipinski definition) is 1. The van der Waals surface area contributed by atoms with E-state index in [1.807, 2.05) is 38.2 Å². The van der Waals surface area contributed by atoms with Gasteiger partial charge in [-0.3, -0.25) is 0 Å². The lowest BCUT2D eigenvalue weighted by Crippen LogP contribution is -2.19. The van der Waals surface area contributed by atoms with Crippen LogP contribution in [0.3, 0.4) is 0 Å². The van der Waals surface area contributed by atoms with Gasteiger partial charge in [-0.2, -0.15) is 0 Å². The monoisotopic (exact) mass is 327 g/mol. The Balaban J connectivity index is 2.26. The van der Waals surface area contributed by atoms with Crippen LogP contribution >= 0.6 is 34.8 Å². The van der Waals surface area contributed by atoms with Crippen molar-refractivity contribution >= 4 is 34.8 Å². The van der Waals surface area contributed by atoms with Crippen LogP contribution in [0.25, 0.3) is 0 Å². The summed E-state index contributed by atoms with van der Waals surface area (Å²) in [4.78, 5) is 0. The number of benzene rings is 2. The summed E-state index contributed by atoms with van der Waals surface area (Å²) < 4.78 is 0. The number of aryl methyl sites for hydroxylation is 1. The summed E-state index contributed by atoms with van der Waals surface area (Å²) >= 11 is 18.4. The zero-order valence-electron chi connectivity index (χ0n) is 11.4. The number of hydrogen-bond donors (Lipinski definition) is 1. The van der Waals surface area contributed by atoms with E-state index >= 15 is 0 Å². The Morgan fingerprint density at radius 1 is 1.00 bits per heavy atom. The summed E-state index contributed by atoms with van der Waals surface area (Å²) in [6.07, 6.45) is 0.784. The highest BCUT2D eigenvalue weighted by Crippen LogP contribution is 2.28. The van der Waals surface area contributed by atoms with E-state index in [9.17, 15) is 0 Å². The van der Waals surface area contributed by atoms with E-state index in [1.54, 1.807) is 6.07 Å². The van der Waals surface area contributed by atoms with Crippen LogP contribution in [-0.2, 0) is 6.42 Å². The van der Waals surface area contributed by atoms with Crippen molar-refractivity contribution in [3.05, 3.63) is 68.2 Å². The van der Waals surface area contributed by atoms with E-state index < -0.39 is 0 Å². The third-order valence-corrected chi connectivity index (χ3v) is 4.38. The first-order valence-electron chi connectivity index (χ1n) is 6.38. The van der Waals surface area contributed by atoms with Crippen molar-refractivity contribution in [2.75, 3.05) is 7.05 Å². The van der Waals surface area contributed by atoms with Crippen LogP contribution in [-0.4, -0.2) is 7.05 Å². The van der Waals surface area contributed by atoms with Crippen LogP contribution in [0.15, 0.2) is 36.4 Å². The first kappa shape index (κ1) is 15.7. The molecule has 0 aliphatic heterocycles. The molecule has 0 saturated carbocycles.